The first-order valence-corrected chi connectivity index (χ1v) is 10.4. The molecule has 4 aliphatic rings. The predicted octanol–water partition coefficient (Wildman–Crippen LogP) is 4.87. The molecule has 0 spiro atoms. The highest BCUT2D eigenvalue weighted by Crippen LogP contribution is 2.61. The van der Waals surface area contributed by atoms with Crippen LogP contribution in [0.5, 0.6) is 5.75 Å². The molecule has 1 heterocycles. The summed E-state index contributed by atoms with van der Waals surface area (Å²) in [5.41, 5.74) is 2.27. The lowest BCUT2D eigenvalue weighted by atomic mass is 9.48. The number of aromatic nitrogens is 1. The van der Waals surface area contributed by atoms with Crippen molar-refractivity contribution in [2.45, 2.75) is 43.9 Å². The topological polar surface area (TPSA) is 51.2 Å². The van der Waals surface area contributed by atoms with E-state index in [0.717, 1.165) is 17.8 Å². The number of nitrogens with one attached hydrogen (secondary N) is 1. The molecule has 4 bridgehead atoms. The van der Waals surface area contributed by atoms with Gasteiger partial charge in [0.05, 0.1) is 12.7 Å². The van der Waals surface area contributed by atoms with Gasteiger partial charge in [0.25, 0.3) is 5.91 Å². The van der Waals surface area contributed by atoms with Gasteiger partial charge in [-0.25, -0.2) is 4.98 Å². The van der Waals surface area contributed by atoms with Crippen LogP contribution in [0.2, 0.25) is 0 Å². The third kappa shape index (κ3) is 2.64. The molecule has 4 saturated carbocycles. The standard InChI is InChI=1S/C21H24N2O2S/c1-25-18-9-16(2-3-17(18)19(24)23-20-22-4-5-26-20)21-10-13-6-14(11-21)8-15(7-13)12-21/h2-5,9,13-15H,6-8,10-12H2,1H3,(H,22,23,24). The molecular formula is C21H24N2O2S. The number of carbonyl (C=O) groups is 1. The molecule has 1 aromatic carbocycles. The highest BCUT2D eigenvalue weighted by Gasteiger charge is 2.51. The van der Waals surface area contributed by atoms with Gasteiger partial charge < -0.3 is 4.74 Å². The molecule has 5 heteroatoms. The van der Waals surface area contributed by atoms with E-state index in [4.69, 9.17) is 4.74 Å². The molecule has 136 valence electrons. The summed E-state index contributed by atoms with van der Waals surface area (Å²) in [6.07, 6.45) is 9.93. The molecule has 1 amide bonds. The molecule has 26 heavy (non-hydrogen) atoms. The third-order valence-electron chi connectivity index (χ3n) is 6.75. The van der Waals surface area contributed by atoms with Gasteiger partial charge in [-0.05, 0) is 79.4 Å². The number of anilines is 1. The van der Waals surface area contributed by atoms with Crippen molar-refractivity contribution in [2.75, 3.05) is 12.4 Å². The fourth-order valence-electron chi connectivity index (χ4n) is 6.12. The molecule has 1 N–H and O–H groups in total. The first kappa shape index (κ1) is 16.3. The van der Waals surface area contributed by atoms with E-state index in [-0.39, 0.29) is 5.91 Å². The molecular weight excluding hydrogens is 344 g/mol. The van der Waals surface area contributed by atoms with Gasteiger partial charge in [-0.2, -0.15) is 0 Å². The monoisotopic (exact) mass is 368 g/mol. The summed E-state index contributed by atoms with van der Waals surface area (Å²) >= 11 is 1.42. The largest absolute Gasteiger partial charge is 0.496 e. The number of carbonyl (C=O) groups excluding carboxylic acids is 1. The van der Waals surface area contributed by atoms with Crippen LogP contribution in [0.25, 0.3) is 0 Å². The number of hydrogen-bond acceptors (Lipinski definition) is 4. The number of ether oxygens (including phenoxy) is 1. The minimum atomic E-state index is -0.158. The number of methoxy groups -OCH3 is 1. The molecule has 4 aliphatic carbocycles. The van der Waals surface area contributed by atoms with E-state index in [1.807, 2.05) is 11.4 Å². The lowest BCUT2D eigenvalue weighted by molar-refractivity contribution is -0.00527. The molecule has 0 saturated heterocycles. The van der Waals surface area contributed by atoms with Crippen molar-refractivity contribution in [1.82, 2.24) is 4.98 Å². The number of benzene rings is 1. The zero-order chi connectivity index (χ0) is 17.7. The van der Waals surface area contributed by atoms with Crippen LogP contribution in [0.4, 0.5) is 5.13 Å². The summed E-state index contributed by atoms with van der Waals surface area (Å²) < 4.78 is 5.61. The summed E-state index contributed by atoms with van der Waals surface area (Å²) in [4.78, 5) is 16.8. The van der Waals surface area contributed by atoms with Gasteiger partial charge in [0.1, 0.15) is 5.75 Å². The van der Waals surface area contributed by atoms with Gasteiger partial charge in [0, 0.05) is 11.6 Å². The zero-order valence-electron chi connectivity index (χ0n) is 15.0. The number of thiazole rings is 1. The van der Waals surface area contributed by atoms with E-state index in [0.29, 0.717) is 21.9 Å². The van der Waals surface area contributed by atoms with E-state index < -0.39 is 0 Å². The van der Waals surface area contributed by atoms with E-state index in [1.165, 1.54) is 55.4 Å². The molecule has 1 aromatic heterocycles. The SMILES string of the molecule is COc1cc(C23CC4CC(CC(C4)C2)C3)ccc1C(=O)Nc1nccs1. The minimum Gasteiger partial charge on any atom is -0.496 e. The lowest BCUT2D eigenvalue weighted by Gasteiger charge is -2.57. The Morgan fingerprint density at radius 1 is 1.19 bits per heavy atom. The lowest BCUT2D eigenvalue weighted by Crippen LogP contribution is -2.48. The Labute approximate surface area is 158 Å². The van der Waals surface area contributed by atoms with Crippen molar-refractivity contribution < 1.29 is 9.53 Å². The van der Waals surface area contributed by atoms with E-state index in [1.54, 1.807) is 13.3 Å². The second-order valence-corrected chi connectivity index (χ2v) is 9.30. The van der Waals surface area contributed by atoms with Crippen molar-refractivity contribution in [3.63, 3.8) is 0 Å². The van der Waals surface area contributed by atoms with Crippen molar-refractivity contribution in [2.24, 2.45) is 17.8 Å². The Kier molecular flexibility index (Phi) is 3.82. The Bertz CT molecular complexity index is 795. The van der Waals surface area contributed by atoms with Crippen LogP contribution >= 0.6 is 11.3 Å². The highest BCUT2D eigenvalue weighted by molar-refractivity contribution is 7.13. The first-order valence-electron chi connectivity index (χ1n) is 9.54. The molecule has 4 fully saturated rings. The summed E-state index contributed by atoms with van der Waals surface area (Å²) in [5, 5.41) is 5.32. The van der Waals surface area contributed by atoms with Crippen LogP contribution in [0.3, 0.4) is 0 Å². The zero-order valence-corrected chi connectivity index (χ0v) is 15.8. The second kappa shape index (κ2) is 6.08. The molecule has 2 aromatic rings. The summed E-state index contributed by atoms with van der Waals surface area (Å²) in [6, 6.07) is 6.24. The van der Waals surface area contributed by atoms with E-state index in [9.17, 15) is 4.79 Å². The van der Waals surface area contributed by atoms with Crippen molar-refractivity contribution in [3.8, 4) is 5.75 Å². The van der Waals surface area contributed by atoms with E-state index in [2.05, 4.69) is 22.4 Å². The van der Waals surface area contributed by atoms with Crippen LogP contribution < -0.4 is 10.1 Å². The molecule has 0 aliphatic heterocycles. The van der Waals surface area contributed by atoms with Crippen LogP contribution in [-0.4, -0.2) is 18.0 Å². The predicted molar refractivity (Wildman–Crippen MR) is 103 cm³/mol. The average Bonchev–Trinajstić information content (AvgIpc) is 3.13. The fraction of sp³-hybridized carbons (Fsp3) is 0.524. The van der Waals surface area contributed by atoms with Crippen LogP contribution in [0.15, 0.2) is 29.8 Å². The van der Waals surface area contributed by atoms with Crippen molar-refractivity contribution >= 4 is 22.4 Å². The molecule has 6 rings (SSSR count). The minimum absolute atomic E-state index is 0.158. The Balaban J connectivity index is 1.45. The van der Waals surface area contributed by atoms with Crippen LogP contribution in [-0.2, 0) is 5.41 Å². The van der Waals surface area contributed by atoms with Crippen LogP contribution in [0.1, 0.15) is 54.4 Å². The average molecular weight is 369 g/mol. The highest BCUT2D eigenvalue weighted by atomic mass is 32.1. The maximum Gasteiger partial charge on any atom is 0.261 e. The number of nitrogens with zero attached hydrogens (tertiary/aromatic N) is 1. The van der Waals surface area contributed by atoms with Crippen molar-refractivity contribution in [3.05, 3.63) is 40.9 Å². The van der Waals surface area contributed by atoms with Crippen LogP contribution in [0, 0.1) is 17.8 Å². The van der Waals surface area contributed by atoms with E-state index >= 15 is 0 Å². The number of hydrogen-bond donors (Lipinski definition) is 1. The smallest absolute Gasteiger partial charge is 0.261 e. The Hall–Kier alpha value is -1.88. The number of amides is 1. The van der Waals surface area contributed by atoms with Gasteiger partial charge >= 0.3 is 0 Å². The summed E-state index contributed by atoms with van der Waals surface area (Å²) in [7, 11) is 1.65. The summed E-state index contributed by atoms with van der Waals surface area (Å²) in [5.74, 6) is 3.22. The second-order valence-electron chi connectivity index (χ2n) is 8.40. The number of rotatable bonds is 4. The fourth-order valence-corrected chi connectivity index (χ4v) is 6.65. The Morgan fingerprint density at radius 3 is 2.46 bits per heavy atom. The molecule has 0 unspecified atom stereocenters. The third-order valence-corrected chi connectivity index (χ3v) is 7.44. The first-order chi connectivity index (χ1) is 12.6. The quantitative estimate of drug-likeness (QED) is 0.837. The maximum atomic E-state index is 12.6. The van der Waals surface area contributed by atoms with Gasteiger partial charge in [0.15, 0.2) is 5.13 Å². The normalized spacial score (nSPS) is 31.8. The summed E-state index contributed by atoms with van der Waals surface area (Å²) in [6.45, 7) is 0. The van der Waals surface area contributed by atoms with Crippen molar-refractivity contribution in [1.29, 1.82) is 0 Å². The maximum absolute atomic E-state index is 12.6. The van der Waals surface area contributed by atoms with Gasteiger partial charge in [0.2, 0.25) is 0 Å². The van der Waals surface area contributed by atoms with Gasteiger partial charge in [-0.3, -0.25) is 10.1 Å². The Morgan fingerprint density at radius 2 is 1.88 bits per heavy atom. The van der Waals surface area contributed by atoms with Gasteiger partial charge in [-0.1, -0.05) is 6.07 Å². The molecule has 0 radical (unpaired) electrons. The van der Waals surface area contributed by atoms with Gasteiger partial charge in [-0.15, -0.1) is 11.3 Å². The molecule has 0 atom stereocenters. The molecule has 4 nitrogen and oxygen atoms in total.